The minimum absolute atomic E-state index is 0.350. The van der Waals surface area contributed by atoms with Crippen LogP contribution in [0.1, 0.15) is 71.8 Å². The van der Waals surface area contributed by atoms with E-state index in [2.05, 4.69) is 43.8 Å². The number of hydrogen-bond acceptors (Lipinski definition) is 6. The van der Waals surface area contributed by atoms with Gasteiger partial charge in [-0.3, -0.25) is 4.79 Å². The molecule has 11 heteroatoms. The van der Waals surface area contributed by atoms with Crippen molar-refractivity contribution in [2.24, 2.45) is 5.92 Å². The zero-order valence-electron chi connectivity index (χ0n) is 23.5. The molecule has 0 aromatic heterocycles. The second-order valence-corrected chi connectivity index (χ2v) is 13.2. The highest BCUT2D eigenvalue weighted by atomic mass is 32.2. The Hall–Kier alpha value is -1.77. The molecular formula is C27H47FN3O5PS. The first-order chi connectivity index (χ1) is 17.9. The zero-order valence-corrected chi connectivity index (χ0v) is 25.5. The summed E-state index contributed by atoms with van der Waals surface area (Å²) < 4.78 is 45.1. The maximum atomic E-state index is 14.0. The lowest BCUT2D eigenvalue weighted by atomic mass is 10.0. The molecule has 1 aromatic carbocycles. The molecule has 1 rings (SSSR count). The SMILES string of the molecule is CCCC(CCC)S(=O)(=O)C[C@@H](NC(=O)OC)C(=O)N[C@H](CCNCCC(C)C)Cc1cc(F)cc(P)c1. The molecule has 0 spiro atoms. The molecule has 0 saturated carbocycles. The molecule has 38 heavy (non-hydrogen) atoms. The summed E-state index contributed by atoms with van der Waals surface area (Å²) in [6, 6.07) is 2.93. The Labute approximate surface area is 230 Å². The Balaban J connectivity index is 3.11. The number of sulfone groups is 1. The Morgan fingerprint density at radius 1 is 1.00 bits per heavy atom. The first kappa shape index (κ1) is 34.3. The van der Waals surface area contributed by atoms with Gasteiger partial charge in [0.25, 0.3) is 0 Å². The molecule has 0 saturated heterocycles. The van der Waals surface area contributed by atoms with Gasteiger partial charge in [0, 0.05) is 6.04 Å². The van der Waals surface area contributed by atoms with Crippen LogP contribution in [0.4, 0.5) is 9.18 Å². The molecule has 8 nitrogen and oxygen atoms in total. The number of halogens is 1. The van der Waals surface area contributed by atoms with Gasteiger partial charge in [0.15, 0.2) is 9.84 Å². The summed E-state index contributed by atoms with van der Waals surface area (Å²) in [7, 11) is -0.0507. The van der Waals surface area contributed by atoms with E-state index in [-0.39, 0.29) is 5.82 Å². The number of nitrogens with one attached hydrogen (secondary N) is 3. The van der Waals surface area contributed by atoms with Gasteiger partial charge in [-0.05, 0) is 74.1 Å². The van der Waals surface area contributed by atoms with Crippen LogP contribution in [0.5, 0.6) is 0 Å². The molecule has 0 bridgehead atoms. The average molecular weight is 576 g/mol. The number of hydrogen-bond donors (Lipinski definition) is 3. The third-order valence-electron chi connectivity index (χ3n) is 6.30. The Morgan fingerprint density at radius 2 is 1.63 bits per heavy atom. The van der Waals surface area contributed by atoms with Gasteiger partial charge >= 0.3 is 6.09 Å². The van der Waals surface area contributed by atoms with E-state index in [0.29, 0.717) is 61.9 Å². The molecule has 0 fully saturated rings. The van der Waals surface area contributed by atoms with Crippen LogP contribution in [0.2, 0.25) is 0 Å². The molecule has 218 valence electrons. The summed E-state index contributed by atoms with van der Waals surface area (Å²) in [6.07, 6.45) is 3.39. The van der Waals surface area contributed by atoms with Gasteiger partial charge < -0.3 is 20.7 Å². The molecule has 0 radical (unpaired) electrons. The zero-order chi connectivity index (χ0) is 28.7. The third-order valence-corrected chi connectivity index (χ3v) is 8.92. The maximum absolute atomic E-state index is 14.0. The normalized spacial score (nSPS) is 13.4. The van der Waals surface area contributed by atoms with Gasteiger partial charge in [0.05, 0.1) is 18.1 Å². The summed E-state index contributed by atoms with van der Waals surface area (Å²) >= 11 is 0. The number of methoxy groups -OCH3 is 1. The third kappa shape index (κ3) is 13.3. The average Bonchev–Trinajstić information content (AvgIpc) is 2.82. The lowest BCUT2D eigenvalue weighted by Crippen LogP contribution is -2.54. The van der Waals surface area contributed by atoms with Crippen LogP contribution < -0.4 is 21.3 Å². The highest BCUT2D eigenvalue weighted by Gasteiger charge is 2.33. The molecule has 3 N–H and O–H groups in total. The van der Waals surface area contributed by atoms with E-state index in [4.69, 9.17) is 0 Å². The fourth-order valence-corrected chi connectivity index (χ4v) is 6.83. The first-order valence-corrected chi connectivity index (χ1v) is 15.8. The van der Waals surface area contributed by atoms with E-state index in [1.807, 2.05) is 19.9 Å². The molecule has 2 amide bonds. The van der Waals surface area contributed by atoms with Crippen molar-refractivity contribution in [1.29, 1.82) is 0 Å². The highest BCUT2D eigenvalue weighted by Crippen LogP contribution is 2.17. The number of benzene rings is 1. The topological polar surface area (TPSA) is 114 Å². The van der Waals surface area contributed by atoms with E-state index in [1.165, 1.54) is 12.1 Å². The Kier molecular flexibility index (Phi) is 16.0. The smallest absolute Gasteiger partial charge is 0.407 e. The summed E-state index contributed by atoms with van der Waals surface area (Å²) in [6.45, 7) is 9.56. The van der Waals surface area contributed by atoms with Crippen LogP contribution in [0, 0.1) is 11.7 Å². The fraction of sp³-hybridized carbons (Fsp3) is 0.704. The summed E-state index contributed by atoms with van der Waals surface area (Å²) in [5.41, 5.74) is 0.707. The number of amides is 2. The monoisotopic (exact) mass is 575 g/mol. The number of rotatable bonds is 18. The molecule has 1 unspecified atom stereocenters. The predicted octanol–water partition coefficient (Wildman–Crippen LogP) is 3.49. The van der Waals surface area contributed by atoms with E-state index in [9.17, 15) is 22.4 Å². The molecule has 3 atom stereocenters. The van der Waals surface area contributed by atoms with E-state index >= 15 is 0 Å². The van der Waals surface area contributed by atoms with Crippen LogP contribution in [0.3, 0.4) is 0 Å². The van der Waals surface area contributed by atoms with Crippen LogP contribution >= 0.6 is 9.24 Å². The molecular weight excluding hydrogens is 528 g/mol. The lowest BCUT2D eigenvalue weighted by molar-refractivity contribution is -0.123. The molecule has 0 aliphatic heterocycles. The van der Waals surface area contributed by atoms with Crippen LogP contribution in [0.25, 0.3) is 0 Å². The highest BCUT2D eigenvalue weighted by molar-refractivity contribution is 7.92. The van der Waals surface area contributed by atoms with Crippen LogP contribution in [0.15, 0.2) is 18.2 Å². The van der Waals surface area contributed by atoms with Crippen molar-refractivity contribution in [2.45, 2.75) is 90.0 Å². The minimum Gasteiger partial charge on any atom is -0.453 e. The summed E-state index contributed by atoms with van der Waals surface area (Å²) in [5.74, 6) is -0.947. The van der Waals surface area contributed by atoms with Gasteiger partial charge in [-0.2, -0.15) is 0 Å². The first-order valence-electron chi connectivity index (χ1n) is 13.5. The maximum Gasteiger partial charge on any atom is 0.407 e. The van der Waals surface area contributed by atoms with Crippen molar-refractivity contribution in [3.8, 4) is 0 Å². The van der Waals surface area contributed by atoms with Crippen molar-refractivity contribution in [3.63, 3.8) is 0 Å². The molecule has 0 heterocycles. The number of alkyl carbamates (subject to hydrolysis) is 1. The van der Waals surface area contributed by atoms with Gasteiger partial charge in [0.2, 0.25) is 5.91 Å². The Bertz CT molecular complexity index is 951. The second-order valence-electron chi connectivity index (χ2n) is 10.2. The fourth-order valence-electron chi connectivity index (χ4n) is 4.30. The number of carbonyl (C=O) groups is 2. The van der Waals surface area contributed by atoms with Crippen molar-refractivity contribution >= 4 is 36.4 Å². The summed E-state index contributed by atoms with van der Waals surface area (Å²) in [5, 5.41) is 8.80. The van der Waals surface area contributed by atoms with Crippen LogP contribution in [-0.4, -0.2) is 63.7 Å². The molecule has 0 aliphatic carbocycles. The Morgan fingerprint density at radius 3 is 2.18 bits per heavy atom. The molecule has 1 aromatic rings. The van der Waals surface area contributed by atoms with E-state index in [1.54, 1.807) is 0 Å². The largest absolute Gasteiger partial charge is 0.453 e. The van der Waals surface area contributed by atoms with Crippen molar-refractivity contribution in [2.75, 3.05) is 26.0 Å². The summed E-state index contributed by atoms with van der Waals surface area (Å²) in [4.78, 5) is 25.4. The number of carbonyl (C=O) groups excluding carboxylic acids is 2. The van der Waals surface area contributed by atoms with E-state index < -0.39 is 44.9 Å². The van der Waals surface area contributed by atoms with Gasteiger partial charge in [-0.25, -0.2) is 17.6 Å². The second kappa shape index (κ2) is 17.7. The van der Waals surface area contributed by atoms with E-state index in [0.717, 1.165) is 20.1 Å². The minimum atomic E-state index is -3.68. The molecule has 0 aliphatic rings. The van der Waals surface area contributed by atoms with Crippen molar-refractivity contribution in [3.05, 3.63) is 29.6 Å². The van der Waals surface area contributed by atoms with Gasteiger partial charge in [0.1, 0.15) is 11.9 Å². The predicted molar refractivity (Wildman–Crippen MR) is 155 cm³/mol. The van der Waals surface area contributed by atoms with Gasteiger partial charge in [-0.15, -0.1) is 9.24 Å². The van der Waals surface area contributed by atoms with Crippen LogP contribution in [-0.2, 0) is 25.8 Å². The van der Waals surface area contributed by atoms with Gasteiger partial charge in [-0.1, -0.05) is 46.6 Å². The van der Waals surface area contributed by atoms with Crippen molar-refractivity contribution in [1.82, 2.24) is 16.0 Å². The van der Waals surface area contributed by atoms with Crippen molar-refractivity contribution < 1.29 is 27.1 Å². The standard InChI is InChI=1S/C27H47FN3O5PS/c1-6-8-24(9-7-2)38(34,35)18-25(31-27(33)36-5)26(32)30-22(11-13-29-12-10-19(3)4)15-20-14-21(28)17-23(37)16-20/h14,16-17,19,22,24-25,29H,6-13,15,18,37H2,1-5H3,(H,30,32)(H,31,33)/t22-,25-/m1/s1. The quantitative estimate of drug-likeness (QED) is 0.183. The number of ether oxygens (including phenoxy) is 1. The lowest BCUT2D eigenvalue weighted by Gasteiger charge is -2.25.